The molecule has 2 N–H and O–H groups in total. The van der Waals surface area contributed by atoms with Crippen LogP contribution in [0.25, 0.3) is 17.1 Å². The number of nitrogens with two attached hydrogens (primary N) is 1. The van der Waals surface area contributed by atoms with Crippen LogP contribution in [0.5, 0.6) is 0 Å². The van der Waals surface area contributed by atoms with Gasteiger partial charge in [0.15, 0.2) is 11.6 Å². The van der Waals surface area contributed by atoms with E-state index in [1.807, 2.05) is 12.1 Å². The molecular weight excluding hydrogens is 291 g/mol. The van der Waals surface area contributed by atoms with Crippen molar-refractivity contribution in [3.8, 4) is 17.1 Å². The standard InChI is InChI=1S/C15H12ClFN4/c16-9-14-19-20-15(10-3-1-5-12(18)7-10)21(14)13-6-2-4-11(17)8-13/h1-8H,9,18H2. The van der Waals surface area contributed by atoms with E-state index in [1.165, 1.54) is 12.1 Å². The highest BCUT2D eigenvalue weighted by molar-refractivity contribution is 6.16. The first-order chi connectivity index (χ1) is 10.2. The molecule has 0 aliphatic carbocycles. The van der Waals surface area contributed by atoms with Gasteiger partial charge in [0.25, 0.3) is 0 Å². The predicted molar refractivity (Wildman–Crippen MR) is 80.7 cm³/mol. The molecule has 0 fully saturated rings. The fraction of sp³-hybridized carbons (Fsp3) is 0.0667. The molecule has 3 rings (SSSR count). The van der Waals surface area contributed by atoms with Gasteiger partial charge in [0.1, 0.15) is 5.82 Å². The third-order valence-electron chi connectivity index (χ3n) is 3.06. The maximum absolute atomic E-state index is 13.5. The summed E-state index contributed by atoms with van der Waals surface area (Å²) in [6.07, 6.45) is 0. The van der Waals surface area contributed by atoms with Crippen LogP contribution in [0.4, 0.5) is 10.1 Å². The van der Waals surface area contributed by atoms with Crippen molar-refractivity contribution in [2.45, 2.75) is 5.88 Å². The highest BCUT2D eigenvalue weighted by atomic mass is 35.5. The zero-order valence-corrected chi connectivity index (χ0v) is 11.8. The monoisotopic (exact) mass is 302 g/mol. The normalized spacial score (nSPS) is 10.8. The van der Waals surface area contributed by atoms with Crippen molar-refractivity contribution in [1.82, 2.24) is 14.8 Å². The topological polar surface area (TPSA) is 56.7 Å². The molecule has 0 radical (unpaired) electrons. The number of rotatable bonds is 3. The number of benzene rings is 2. The largest absolute Gasteiger partial charge is 0.399 e. The van der Waals surface area contributed by atoms with Crippen LogP contribution in [-0.2, 0) is 5.88 Å². The molecule has 0 saturated carbocycles. The van der Waals surface area contributed by atoms with E-state index in [0.717, 1.165) is 5.56 Å². The highest BCUT2D eigenvalue weighted by Gasteiger charge is 2.15. The van der Waals surface area contributed by atoms with E-state index >= 15 is 0 Å². The van der Waals surface area contributed by atoms with Crippen molar-refractivity contribution in [1.29, 1.82) is 0 Å². The molecule has 3 aromatic rings. The number of anilines is 1. The van der Waals surface area contributed by atoms with Gasteiger partial charge in [-0.25, -0.2) is 4.39 Å². The molecule has 1 heterocycles. The van der Waals surface area contributed by atoms with Gasteiger partial charge in [0.2, 0.25) is 0 Å². The lowest BCUT2D eigenvalue weighted by Crippen LogP contribution is -2.02. The number of aromatic nitrogens is 3. The number of hydrogen-bond acceptors (Lipinski definition) is 3. The molecule has 106 valence electrons. The number of nitrogens with zero attached hydrogens (tertiary/aromatic N) is 3. The van der Waals surface area contributed by atoms with Crippen molar-refractivity contribution < 1.29 is 4.39 Å². The Bertz CT molecular complexity index is 785. The molecule has 2 aromatic carbocycles. The van der Waals surface area contributed by atoms with Crippen LogP contribution in [0.2, 0.25) is 0 Å². The molecule has 0 aliphatic heterocycles. The quantitative estimate of drug-likeness (QED) is 0.596. The Morgan fingerprint density at radius 1 is 1.10 bits per heavy atom. The molecule has 0 aliphatic rings. The number of alkyl halides is 1. The van der Waals surface area contributed by atoms with Crippen LogP contribution in [-0.4, -0.2) is 14.8 Å². The Balaban J connectivity index is 2.21. The van der Waals surface area contributed by atoms with Gasteiger partial charge in [-0.15, -0.1) is 21.8 Å². The second kappa shape index (κ2) is 5.54. The lowest BCUT2D eigenvalue weighted by molar-refractivity contribution is 0.626. The molecule has 6 heteroatoms. The summed E-state index contributed by atoms with van der Waals surface area (Å²) in [5.41, 5.74) is 7.84. The average molecular weight is 303 g/mol. The molecule has 0 spiro atoms. The van der Waals surface area contributed by atoms with Gasteiger partial charge in [-0.3, -0.25) is 4.57 Å². The van der Waals surface area contributed by atoms with E-state index in [0.29, 0.717) is 23.0 Å². The number of hydrogen-bond donors (Lipinski definition) is 1. The van der Waals surface area contributed by atoms with Crippen LogP contribution in [0, 0.1) is 5.82 Å². The smallest absolute Gasteiger partial charge is 0.168 e. The van der Waals surface area contributed by atoms with Crippen LogP contribution >= 0.6 is 11.6 Å². The molecule has 0 bridgehead atoms. The van der Waals surface area contributed by atoms with E-state index in [4.69, 9.17) is 17.3 Å². The second-order valence-corrected chi connectivity index (χ2v) is 4.78. The maximum atomic E-state index is 13.5. The summed E-state index contributed by atoms with van der Waals surface area (Å²) in [5.74, 6) is 0.953. The summed E-state index contributed by atoms with van der Waals surface area (Å²) in [6.45, 7) is 0. The van der Waals surface area contributed by atoms with E-state index in [2.05, 4.69) is 10.2 Å². The fourth-order valence-corrected chi connectivity index (χ4v) is 2.33. The van der Waals surface area contributed by atoms with Crippen molar-refractivity contribution >= 4 is 17.3 Å². The van der Waals surface area contributed by atoms with Crippen molar-refractivity contribution in [2.24, 2.45) is 0 Å². The first-order valence-electron chi connectivity index (χ1n) is 6.31. The fourth-order valence-electron chi connectivity index (χ4n) is 2.15. The molecule has 0 amide bonds. The van der Waals surface area contributed by atoms with Gasteiger partial charge in [0.05, 0.1) is 11.6 Å². The van der Waals surface area contributed by atoms with Gasteiger partial charge in [-0.2, -0.15) is 0 Å². The van der Waals surface area contributed by atoms with Crippen LogP contribution < -0.4 is 5.73 Å². The average Bonchev–Trinajstić information content (AvgIpc) is 2.91. The first-order valence-corrected chi connectivity index (χ1v) is 6.84. The Morgan fingerprint density at radius 2 is 1.90 bits per heavy atom. The molecule has 1 aromatic heterocycles. The SMILES string of the molecule is Nc1cccc(-c2nnc(CCl)n2-c2cccc(F)c2)c1. The lowest BCUT2D eigenvalue weighted by Gasteiger charge is -2.10. The second-order valence-electron chi connectivity index (χ2n) is 4.51. The molecule has 4 nitrogen and oxygen atoms in total. The first kappa shape index (κ1) is 13.6. The molecule has 0 saturated heterocycles. The minimum Gasteiger partial charge on any atom is -0.399 e. The molecule has 0 unspecified atom stereocenters. The molecule has 0 atom stereocenters. The Morgan fingerprint density at radius 3 is 2.62 bits per heavy atom. The number of halogens is 2. The van der Waals surface area contributed by atoms with Gasteiger partial charge in [0, 0.05) is 11.3 Å². The van der Waals surface area contributed by atoms with E-state index in [1.54, 1.807) is 28.8 Å². The minimum atomic E-state index is -0.333. The van der Waals surface area contributed by atoms with Crippen molar-refractivity contribution in [3.63, 3.8) is 0 Å². The summed E-state index contributed by atoms with van der Waals surface area (Å²) >= 11 is 5.91. The summed E-state index contributed by atoms with van der Waals surface area (Å²) in [5, 5.41) is 8.22. The maximum Gasteiger partial charge on any atom is 0.168 e. The van der Waals surface area contributed by atoms with Crippen LogP contribution in [0.3, 0.4) is 0 Å². The Hall–Kier alpha value is -2.40. The lowest BCUT2D eigenvalue weighted by atomic mass is 10.2. The van der Waals surface area contributed by atoms with Crippen LogP contribution in [0.1, 0.15) is 5.82 Å². The number of nitrogen functional groups attached to an aromatic ring is 1. The molecular formula is C15H12ClFN4. The van der Waals surface area contributed by atoms with Crippen molar-refractivity contribution in [2.75, 3.05) is 5.73 Å². The van der Waals surface area contributed by atoms with E-state index in [9.17, 15) is 4.39 Å². The summed E-state index contributed by atoms with van der Waals surface area (Å²) in [6, 6.07) is 13.5. The summed E-state index contributed by atoms with van der Waals surface area (Å²) in [7, 11) is 0. The summed E-state index contributed by atoms with van der Waals surface area (Å²) < 4.78 is 15.2. The zero-order chi connectivity index (χ0) is 14.8. The van der Waals surface area contributed by atoms with Crippen LogP contribution in [0.15, 0.2) is 48.5 Å². The van der Waals surface area contributed by atoms with Gasteiger partial charge in [-0.1, -0.05) is 18.2 Å². The van der Waals surface area contributed by atoms with Crippen molar-refractivity contribution in [3.05, 3.63) is 60.2 Å². The van der Waals surface area contributed by atoms with Gasteiger partial charge in [-0.05, 0) is 30.3 Å². The zero-order valence-electron chi connectivity index (χ0n) is 11.0. The third kappa shape index (κ3) is 2.60. The van der Waals surface area contributed by atoms with Gasteiger partial charge >= 0.3 is 0 Å². The van der Waals surface area contributed by atoms with Gasteiger partial charge < -0.3 is 5.73 Å². The van der Waals surface area contributed by atoms with E-state index in [-0.39, 0.29) is 11.7 Å². The minimum absolute atomic E-state index is 0.172. The summed E-state index contributed by atoms with van der Waals surface area (Å²) in [4.78, 5) is 0. The predicted octanol–water partition coefficient (Wildman–Crippen LogP) is 3.39. The Labute approximate surface area is 126 Å². The molecule has 21 heavy (non-hydrogen) atoms. The van der Waals surface area contributed by atoms with E-state index < -0.39 is 0 Å². The Kier molecular flexibility index (Phi) is 3.58. The third-order valence-corrected chi connectivity index (χ3v) is 3.30. The highest BCUT2D eigenvalue weighted by Crippen LogP contribution is 2.25.